The molecule has 152 valence electrons. The molecule has 0 saturated carbocycles. The van der Waals surface area contributed by atoms with Crippen LogP contribution in [0.3, 0.4) is 0 Å². The molecule has 2 amide bonds. The number of ether oxygens (including phenoxy) is 1. The predicted octanol–water partition coefficient (Wildman–Crippen LogP) is 4.58. The van der Waals surface area contributed by atoms with Crippen molar-refractivity contribution in [2.24, 2.45) is 0 Å². The van der Waals surface area contributed by atoms with Gasteiger partial charge in [-0.15, -0.1) is 0 Å². The third-order valence-corrected chi connectivity index (χ3v) is 4.30. The average Bonchev–Trinajstić information content (AvgIpc) is 2.73. The summed E-state index contributed by atoms with van der Waals surface area (Å²) < 4.78 is 5.86. The lowest BCUT2D eigenvalue weighted by atomic mass is 10.1. The monoisotopic (exact) mass is 401 g/mol. The summed E-state index contributed by atoms with van der Waals surface area (Å²) in [4.78, 5) is 28.2. The lowest BCUT2D eigenvalue weighted by Gasteiger charge is -2.09. The van der Waals surface area contributed by atoms with E-state index < -0.39 is 0 Å². The number of carbonyl (C=O) groups excluding carboxylic acids is 2. The molecular formula is C24H23N3O3. The molecule has 3 aromatic rings. The molecule has 0 atom stereocenters. The van der Waals surface area contributed by atoms with Gasteiger partial charge in [-0.2, -0.15) is 0 Å². The van der Waals surface area contributed by atoms with E-state index >= 15 is 0 Å². The number of aromatic nitrogens is 1. The molecule has 6 heteroatoms. The summed E-state index contributed by atoms with van der Waals surface area (Å²) in [6, 6.07) is 18.3. The SMILES string of the molecule is CNC(=O)c1cc(Oc2cccc(/C=C(\C)C(=O)Nc3cccc(C)c3)c2)ccn1. The summed E-state index contributed by atoms with van der Waals surface area (Å²) in [5, 5.41) is 5.43. The molecule has 0 unspecified atom stereocenters. The highest BCUT2D eigenvalue weighted by Crippen LogP contribution is 2.23. The number of hydrogen-bond donors (Lipinski definition) is 2. The molecule has 2 N–H and O–H groups in total. The van der Waals surface area contributed by atoms with Crippen LogP contribution in [-0.2, 0) is 4.79 Å². The van der Waals surface area contributed by atoms with E-state index in [1.165, 1.54) is 6.20 Å². The molecule has 0 saturated heterocycles. The zero-order valence-corrected chi connectivity index (χ0v) is 17.1. The summed E-state index contributed by atoms with van der Waals surface area (Å²) in [7, 11) is 1.55. The van der Waals surface area contributed by atoms with Gasteiger partial charge in [0.15, 0.2) is 0 Å². The van der Waals surface area contributed by atoms with Crippen LogP contribution in [0.1, 0.15) is 28.5 Å². The zero-order chi connectivity index (χ0) is 21.5. The number of carbonyl (C=O) groups is 2. The van der Waals surface area contributed by atoms with E-state index in [1.54, 1.807) is 38.2 Å². The number of hydrogen-bond acceptors (Lipinski definition) is 4. The van der Waals surface area contributed by atoms with Gasteiger partial charge in [0.1, 0.15) is 17.2 Å². The van der Waals surface area contributed by atoms with Crippen molar-refractivity contribution < 1.29 is 14.3 Å². The van der Waals surface area contributed by atoms with Crippen molar-refractivity contribution >= 4 is 23.6 Å². The maximum atomic E-state index is 12.5. The molecule has 0 spiro atoms. The smallest absolute Gasteiger partial charge is 0.269 e. The summed E-state index contributed by atoms with van der Waals surface area (Å²) in [6.07, 6.45) is 3.31. The molecule has 0 aliphatic carbocycles. The largest absolute Gasteiger partial charge is 0.457 e. The van der Waals surface area contributed by atoms with Gasteiger partial charge >= 0.3 is 0 Å². The van der Waals surface area contributed by atoms with E-state index in [-0.39, 0.29) is 17.5 Å². The second-order valence-electron chi connectivity index (χ2n) is 6.78. The normalized spacial score (nSPS) is 11.0. The Labute approximate surface area is 175 Å². The Morgan fingerprint density at radius 3 is 2.53 bits per heavy atom. The van der Waals surface area contributed by atoms with Crippen LogP contribution in [0.4, 0.5) is 5.69 Å². The minimum absolute atomic E-state index is 0.170. The van der Waals surface area contributed by atoms with Gasteiger partial charge in [-0.25, -0.2) is 0 Å². The van der Waals surface area contributed by atoms with Crippen molar-refractivity contribution in [2.45, 2.75) is 13.8 Å². The molecule has 1 heterocycles. The van der Waals surface area contributed by atoms with E-state index in [4.69, 9.17) is 4.74 Å². The van der Waals surface area contributed by atoms with Gasteiger partial charge in [0, 0.05) is 30.6 Å². The second-order valence-corrected chi connectivity index (χ2v) is 6.78. The lowest BCUT2D eigenvalue weighted by Crippen LogP contribution is -2.18. The highest BCUT2D eigenvalue weighted by molar-refractivity contribution is 6.06. The number of benzene rings is 2. The summed E-state index contributed by atoms with van der Waals surface area (Å²) in [5.41, 5.74) is 3.50. The molecule has 0 aliphatic heterocycles. The number of anilines is 1. The lowest BCUT2D eigenvalue weighted by molar-refractivity contribution is -0.112. The van der Waals surface area contributed by atoms with Crippen LogP contribution in [0.2, 0.25) is 0 Å². The third kappa shape index (κ3) is 5.54. The van der Waals surface area contributed by atoms with E-state index in [0.717, 1.165) is 16.8 Å². The van der Waals surface area contributed by atoms with Gasteiger partial charge in [-0.3, -0.25) is 14.6 Å². The van der Waals surface area contributed by atoms with E-state index in [0.29, 0.717) is 17.1 Å². The van der Waals surface area contributed by atoms with Crippen LogP contribution in [-0.4, -0.2) is 23.8 Å². The van der Waals surface area contributed by atoms with E-state index in [1.807, 2.05) is 49.4 Å². The Kier molecular flexibility index (Phi) is 6.60. The van der Waals surface area contributed by atoms with Crippen molar-refractivity contribution in [1.29, 1.82) is 0 Å². The maximum absolute atomic E-state index is 12.5. The van der Waals surface area contributed by atoms with Crippen LogP contribution in [0.5, 0.6) is 11.5 Å². The number of rotatable bonds is 6. The molecule has 6 nitrogen and oxygen atoms in total. The van der Waals surface area contributed by atoms with Crippen molar-refractivity contribution in [2.75, 3.05) is 12.4 Å². The van der Waals surface area contributed by atoms with E-state index in [9.17, 15) is 9.59 Å². The summed E-state index contributed by atoms with van der Waals surface area (Å²) in [5.74, 6) is 0.631. The van der Waals surface area contributed by atoms with Gasteiger partial charge in [0.2, 0.25) is 0 Å². The molecule has 0 radical (unpaired) electrons. The topological polar surface area (TPSA) is 80.3 Å². The van der Waals surface area contributed by atoms with Crippen molar-refractivity contribution in [1.82, 2.24) is 10.3 Å². The van der Waals surface area contributed by atoms with Gasteiger partial charge in [-0.1, -0.05) is 24.3 Å². The quantitative estimate of drug-likeness (QED) is 0.592. The fraction of sp³-hybridized carbons (Fsp3) is 0.125. The average molecular weight is 401 g/mol. The fourth-order valence-corrected chi connectivity index (χ4v) is 2.80. The Morgan fingerprint density at radius 1 is 1.00 bits per heavy atom. The van der Waals surface area contributed by atoms with Crippen molar-refractivity contribution in [3.63, 3.8) is 0 Å². The minimum Gasteiger partial charge on any atom is -0.457 e. The first kappa shape index (κ1) is 20.8. The highest BCUT2D eigenvalue weighted by atomic mass is 16.5. The minimum atomic E-state index is -0.285. The van der Waals surface area contributed by atoms with Gasteiger partial charge < -0.3 is 15.4 Å². The van der Waals surface area contributed by atoms with Crippen LogP contribution in [0.25, 0.3) is 6.08 Å². The van der Waals surface area contributed by atoms with Crippen LogP contribution in [0, 0.1) is 6.92 Å². The maximum Gasteiger partial charge on any atom is 0.269 e. The molecule has 0 aliphatic rings. The second kappa shape index (κ2) is 9.52. The van der Waals surface area contributed by atoms with Gasteiger partial charge in [-0.05, 0) is 61.4 Å². The summed E-state index contributed by atoms with van der Waals surface area (Å²) >= 11 is 0. The van der Waals surface area contributed by atoms with E-state index in [2.05, 4.69) is 15.6 Å². The zero-order valence-electron chi connectivity index (χ0n) is 17.1. The molecule has 0 fully saturated rings. The van der Waals surface area contributed by atoms with Crippen LogP contribution >= 0.6 is 0 Å². The molecule has 1 aromatic heterocycles. The Bertz CT molecular complexity index is 1110. The molecule has 30 heavy (non-hydrogen) atoms. The highest BCUT2D eigenvalue weighted by Gasteiger charge is 2.08. The first-order chi connectivity index (χ1) is 14.4. The number of aryl methyl sites for hydroxylation is 1. The van der Waals surface area contributed by atoms with Crippen molar-refractivity contribution in [3.05, 3.63) is 89.3 Å². The van der Waals surface area contributed by atoms with Crippen LogP contribution < -0.4 is 15.4 Å². The van der Waals surface area contributed by atoms with Gasteiger partial charge in [0.25, 0.3) is 11.8 Å². The number of pyridine rings is 1. The first-order valence-corrected chi connectivity index (χ1v) is 9.47. The number of nitrogens with zero attached hydrogens (tertiary/aromatic N) is 1. The Balaban J connectivity index is 1.73. The molecule has 3 rings (SSSR count). The molecule has 0 bridgehead atoms. The molecular weight excluding hydrogens is 378 g/mol. The Morgan fingerprint density at radius 2 is 1.77 bits per heavy atom. The van der Waals surface area contributed by atoms with Crippen molar-refractivity contribution in [3.8, 4) is 11.5 Å². The standard InChI is InChI=1S/C24H23N3O3/c1-16-6-4-8-19(12-16)27-23(28)17(2)13-18-7-5-9-20(14-18)30-21-10-11-26-22(15-21)24(29)25-3/h4-15H,1-3H3,(H,25,29)(H,27,28)/b17-13+. The third-order valence-electron chi connectivity index (χ3n) is 4.30. The predicted molar refractivity (Wildman–Crippen MR) is 118 cm³/mol. The molecule has 2 aromatic carbocycles. The number of amides is 2. The summed E-state index contributed by atoms with van der Waals surface area (Å²) in [6.45, 7) is 3.74. The Hall–Kier alpha value is -3.93. The van der Waals surface area contributed by atoms with Crippen LogP contribution in [0.15, 0.2) is 72.4 Å². The van der Waals surface area contributed by atoms with Gasteiger partial charge in [0.05, 0.1) is 0 Å². The first-order valence-electron chi connectivity index (χ1n) is 9.47. The fourth-order valence-electron chi connectivity index (χ4n) is 2.80. The number of nitrogens with one attached hydrogen (secondary N) is 2.